The molecule has 0 spiro atoms. The lowest BCUT2D eigenvalue weighted by atomic mass is 9.95. The van der Waals surface area contributed by atoms with Crippen LogP contribution in [0.1, 0.15) is 18.9 Å². The summed E-state index contributed by atoms with van der Waals surface area (Å²) < 4.78 is 15.6. The zero-order valence-electron chi connectivity index (χ0n) is 18.7. The summed E-state index contributed by atoms with van der Waals surface area (Å²) in [5.74, 6) is -0.600. The van der Waals surface area contributed by atoms with E-state index >= 15 is 0 Å². The fourth-order valence-electron chi connectivity index (χ4n) is 4.27. The molecule has 33 heavy (non-hydrogen) atoms. The molecule has 2 amide bonds. The van der Waals surface area contributed by atoms with Gasteiger partial charge >= 0.3 is 0 Å². The zero-order chi connectivity index (χ0) is 23.2. The molecule has 1 fully saturated rings. The molecule has 1 aliphatic heterocycles. The van der Waals surface area contributed by atoms with Gasteiger partial charge in [-0.1, -0.05) is 49.4 Å². The first-order valence-electron chi connectivity index (χ1n) is 11.3. The van der Waals surface area contributed by atoms with Crippen molar-refractivity contribution in [2.45, 2.75) is 26.3 Å². The summed E-state index contributed by atoms with van der Waals surface area (Å²) in [6, 6.07) is 14.3. The zero-order valence-corrected chi connectivity index (χ0v) is 18.7. The third-order valence-electron chi connectivity index (χ3n) is 5.97. The largest absolute Gasteiger partial charge is 0.341 e. The number of nitrogens with zero attached hydrogens (tertiary/aromatic N) is 5. The number of halogens is 1. The number of rotatable bonds is 7. The summed E-state index contributed by atoms with van der Waals surface area (Å²) in [6.45, 7) is 4.21. The molecule has 0 saturated carbocycles. The van der Waals surface area contributed by atoms with Crippen LogP contribution in [0.25, 0.3) is 11.1 Å². The lowest BCUT2D eigenvalue weighted by Gasteiger charge is -2.24. The summed E-state index contributed by atoms with van der Waals surface area (Å²) in [4.78, 5) is 33.7. The molecule has 0 bridgehead atoms. The standard InChI is InChI=1S/C25H28FN5O2/c1-2-11-29-12-13-30(24(32)16-31-18-27-17-28-31)15-21(25(29)33)14-19-7-9-20(10-8-19)22-5-3-4-6-23(22)26/h3-10,17-18,21H,2,11-16H2,1H3. The van der Waals surface area contributed by atoms with Gasteiger partial charge in [0.2, 0.25) is 11.8 Å². The molecule has 1 saturated heterocycles. The van der Waals surface area contributed by atoms with Crippen LogP contribution in [0.15, 0.2) is 61.2 Å². The van der Waals surface area contributed by atoms with Crippen molar-refractivity contribution in [2.24, 2.45) is 5.92 Å². The lowest BCUT2D eigenvalue weighted by molar-refractivity contribution is -0.135. The molecular formula is C25H28FN5O2. The lowest BCUT2D eigenvalue weighted by Crippen LogP contribution is -2.39. The Morgan fingerprint density at radius 2 is 1.91 bits per heavy atom. The molecule has 172 valence electrons. The van der Waals surface area contributed by atoms with Gasteiger partial charge in [0.15, 0.2) is 0 Å². The molecule has 1 unspecified atom stereocenters. The normalized spacial score (nSPS) is 16.7. The Labute approximate surface area is 192 Å². The third-order valence-corrected chi connectivity index (χ3v) is 5.97. The van der Waals surface area contributed by atoms with Crippen LogP contribution in [0.3, 0.4) is 0 Å². The van der Waals surface area contributed by atoms with E-state index < -0.39 is 0 Å². The second kappa shape index (κ2) is 10.4. The highest BCUT2D eigenvalue weighted by atomic mass is 19.1. The SMILES string of the molecule is CCCN1CCN(C(=O)Cn2cncn2)CC(Cc2ccc(-c3ccccc3F)cc2)C1=O. The van der Waals surface area contributed by atoms with Crippen LogP contribution in [0.2, 0.25) is 0 Å². The predicted molar refractivity (Wildman–Crippen MR) is 123 cm³/mol. The molecule has 0 aliphatic carbocycles. The predicted octanol–water partition coefficient (Wildman–Crippen LogP) is 3.02. The van der Waals surface area contributed by atoms with E-state index in [0.29, 0.717) is 38.2 Å². The van der Waals surface area contributed by atoms with Crippen molar-refractivity contribution in [3.63, 3.8) is 0 Å². The minimum Gasteiger partial charge on any atom is -0.341 e. The van der Waals surface area contributed by atoms with Crippen molar-refractivity contribution < 1.29 is 14.0 Å². The molecule has 0 radical (unpaired) electrons. The van der Waals surface area contributed by atoms with Gasteiger partial charge in [-0.3, -0.25) is 9.59 Å². The average molecular weight is 450 g/mol. The quantitative estimate of drug-likeness (QED) is 0.556. The van der Waals surface area contributed by atoms with Crippen molar-refractivity contribution in [3.8, 4) is 11.1 Å². The Morgan fingerprint density at radius 3 is 2.61 bits per heavy atom. The molecule has 2 aromatic carbocycles. The maximum Gasteiger partial charge on any atom is 0.244 e. The fraction of sp³-hybridized carbons (Fsp3) is 0.360. The molecule has 1 atom stereocenters. The molecule has 0 N–H and O–H groups in total. The Morgan fingerprint density at radius 1 is 1.12 bits per heavy atom. The van der Waals surface area contributed by atoms with E-state index in [1.807, 2.05) is 42.2 Å². The summed E-state index contributed by atoms with van der Waals surface area (Å²) in [5, 5.41) is 4.01. The van der Waals surface area contributed by atoms with Crippen LogP contribution >= 0.6 is 0 Å². The molecule has 1 aliphatic rings. The van der Waals surface area contributed by atoms with E-state index in [1.165, 1.54) is 23.4 Å². The van der Waals surface area contributed by atoms with Gasteiger partial charge in [0.05, 0.1) is 5.92 Å². The van der Waals surface area contributed by atoms with Crippen molar-refractivity contribution in [2.75, 3.05) is 26.2 Å². The highest BCUT2D eigenvalue weighted by molar-refractivity contribution is 5.82. The first-order valence-corrected chi connectivity index (χ1v) is 11.3. The Kier molecular flexibility index (Phi) is 7.12. The number of aromatic nitrogens is 3. The van der Waals surface area contributed by atoms with Crippen LogP contribution in [0, 0.1) is 11.7 Å². The summed E-state index contributed by atoms with van der Waals surface area (Å²) >= 11 is 0. The summed E-state index contributed by atoms with van der Waals surface area (Å²) in [5.41, 5.74) is 2.32. The van der Waals surface area contributed by atoms with E-state index in [9.17, 15) is 14.0 Å². The molecule has 7 nitrogen and oxygen atoms in total. The second-order valence-corrected chi connectivity index (χ2v) is 8.34. The first-order chi connectivity index (χ1) is 16.0. The van der Waals surface area contributed by atoms with Gasteiger partial charge in [-0.15, -0.1) is 0 Å². The smallest absolute Gasteiger partial charge is 0.244 e. The van der Waals surface area contributed by atoms with Gasteiger partial charge in [0.1, 0.15) is 25.0 Å². The number of amides is 2. The highest BCUT2D eigenvalue weighted by Crippen LogP contribution is 2.24. The number of benzene rings is 2. The molecule has 3 aromatic rings. The minimum absolute atomic E-state index is 0.0751. The van der Waals surface area contributed by atoms with Crippen LogP contribution in [0.4, 0.5) is 4.39 Å². The first kappa shape index (κ1) is 22.6. The van der Waals surface area contributed by atoms with E-state index in [-0.39, 0.29) is 30.1 Å². The van der Waals surface area contributed by atoms with Gasteiger partial charge in [0.25, 0.3) is 0 Å². The van der Waals surface area contributed by atoms with Crippen LogP contribution in [-0.4, -0.2) is 62.6 Å². The summed E-state index contributed by atoms with van der Waals surface area (Å²) in [6.07, 6.45) is 4.29. The van der Waals surface area contributed by atoms with Gasteiger partial charge in [-0.25, -0.2) is 14.1 Å². The van der Waals surface area contributed by atoms with Crippen molar-refractivity contribution in [1.82, 2.24) is 24.6 Å². The number of hydrogen-bond donors (Lipinski definition) is 0. The van der Waals surface area contributed by atoms with Crippen molar-refractivity contribution in [1.29, 1.82) is 0 Å². The highest BCUT2D eigenvalue weighted by Gasteiger charge is 2.32. The average Bonchev–Trinajstić information content (AvgIpc) is 3.28. The van der Waals surface area contributed by atoms with Gasteiger partial charge in [0, 0.05) is 31.7 Å². The van der Waals surface area contributed by atoms with E-state index in [1.54, 1.807) is 17.0 Å². The topological polar surface area (TPSA) is 71.3 Å². The number of carbonyl (C=O) groups is 2. The number of carbonyl (C=O) groups excluding carboxylic acids is 2. The maximum absolute atomic E-state index is 14.1. The van der Waals surface area contributed by atoms with E-state index in [4.69, 9.17) is 0 Å². The molecule has 4 rings (SSSR count). The fourth-order valence-corrected chi connectivity index (χ4v) is 4.27. The van der Waals surface area contributed by atoms with Gasteiger partial charge in [-0.2, -0.15) is 5.10 Å². The van der Waals surface area contributed by atoms with E-state index in [2.05, 4.69) is 10.1 Å². The van der Waals surface area contributed by atoms with Gasteiger partial charge in [-0.05, 0) is 30.0 Å². The van der Waals surface area contributed by atoms with Crippen LogP contribution in [-0.2, 0) is 22.6 Å². The van der Waals surface area contributed by atoms with Crippen molar-refractivity contribution >= 4 is 11.8 Å². The Hall–Kier alpha value is -3.55. The Balaban J connectivity index is 1.51. The molecular weight excluding hydrogens is 421 g/mol. The summed E-state index contributed by atoms with van der Waals surface area (Å²) in [7, 11) is 0. The van der Waals surface area contributed by atoms with Crippen molar-refractivity contribution in [3.05, 3.63) is 72.6 Å². The maximum atomic E-state index is 14.1. The third kappa shape index (κ3) is 5.45. The Bertz CT molecular complexity index is 1080. The number of hydrogen-bond acceptors (Lipinski definition) is 4. The van der Waals surface area contributed by atoms with E-state index in [0.717, 1.165) is 17.5 Å². The second-order valence-electron chi connectivity index (χ2n) is 8.34. The molecule has 8 heteroatoms. The monoisotopic (exact) mass is 449 g/mol. The minimum atomic E-state index is -0.335. The van der Waals surface area contributed by atoms with Crippen LogP contribution < -0.4 is 0 Å². The van der Waals surface area contributed by atoms with Crippen LogP contribution in [0.5, 0.6) is 0 Å². The van der Waals surface area contributed by atoms with Gasteiger partial charge < -0.3 is 9.80 Å². The molecule has 1 aromatic heterocycles. The molecule has 2 heterocycles.